The van der Waals surface area contributed by atoms with Crippen LogP contribution in [0.1, 0.15) is 11.1 Å². The average molecular weight is 259 g/mol. The van der Waals surface area contributed by atoms with E-state index in [9.17, 15) is 9.18 Å². The van der Waals surface area contributed by atoms with E-state index in [0.717, 1.165) is 0 Å². The quantitative estimate of drug-likeness (QED) is 0.898. The van der Waals surface area contributed by atoms with Gasteiger partial charge in [0.05, 0.1) is 6.04 Å². The summed E-state index contributed by atoms with van der Waals surface area (Å²) in [4.78, 5) is 13.0. The molecule has 1 atom stereocenters. The highest BCUT2D eigenvalue weighted by Crippen LogP contribution is 2.21. The Bertz CT molecular complexity index is 435. The summed E-state index contributed by atoms with van der Waals surface area (Å²) >= 11 is 5.98. The molecule has 0 bridgehead atoms. The molecular formula is C12H16ClFN2O. The highest BCUT2D eigenvalue weighted by atomic mass is 35.5. The monoisotopic (exact) mass is 258 g/mol. The summed E-state index contributed by atoms with van der Waals surface area (Å²) < 4.78 is 13.4. The minimum atomic E-state index is -0.704. The van der Waals surface area contributed by atoms with E-state index in [-0.39, 0.29) is 18.1 Å². The molecule has 3 nitrogen and oxygen atoms in total. The number of carbonyl (C=O) groups is 1. The van der Waals surface area contributed by atoms with Gasteiger partial charge >= 0.3 is 0 Å². The fourth-order valence-corrected chi connectivity index (χ4v) is 1.80. The number of halogens is 2. The highest BCUT2D eigenvalue weighted by molar-refractivity contribution is 6.31. The fourth-order valence-electron chi connectivity index (χ4n) is 1.50. The molecule has 0 heterocycles. The van der Waals surface area contributed by atoms with E-state index >= 15 is 0 Å². The van der Waals surface area contributed by atoms with Crippen molar-refractivity contribution in [3.05, 3.63) is 34.1 Å². The lowest BCUT2D eigenvalue weighted by atomic mass is 10.0. The van der Waals surface area contributed by atoms with Gasteiger partial charge in [-0.15, -0.1) is 0 Å². The second kappa shape index (κ2) is 5.47. The van der Waals surface area contributed by atoms with Crippen molar-refractivity contribution in [2.24, 2.45) is 5.73 Å². The molecule has 0 aliphatic carbocycles. The first-order chi connectivity index (χ1) is 7.82. The first-order valence-corrected chi connectivity index (χ1v) is 5.62. The van der Waals surface area contributed by atoms with E-state index in [1.807, 2.05) is 0 Å². The third kappa shape index (κ3) is 3.41. The third-order valence-corrected chi connectivity index (χ3v) is 2.88. The molecule has 0 saturated heterocycles. The van der Waals surface area contributed by atoms with Crippen LogP contribution >= 0.6 is 11.6 Å². The van der Waals surface area contributed by atoms with Crippen molar-refractivity contribution in [1.82, 2.24) is 4.90 Å². The minimum Gasteiger partial charge on any atom is -0.347 e. The highest BCUT2D eigenvalue weighted by Gasteiger charge is 2.18. The first-order valence-electron chi connectivity index (χ1n) is 5.24. The second-order valence-electron chi connectivity index (χ2n) is 4.24. The van der Waals surface area contributed by atoms with Gasteiger partial charge in [-0.3, -0.25) is 4.79 Å². The Balaban J connectivity index is 2.89. The standard InChI is InChI=1S/C12H16ClFN2O/c1-7-4-9(13)8(5-10(7)14)6-11(15)12(17)16(2)3/h4-5,11H,6,15H2,1-3H3. The molecule has 1 aromatic carbocycles. The predicted molar refractivity (Wildman–Crippen MR) is 66.5 cm³/mol. The van der Waals surface area contributed by atoms with Crippen LogP contribution in [-0.2, 0) is 11.2 Å². The normalized spacial score (nSPS) is 12.4. The van der Waals surface area contributed by atoms with Crippen LogP contribution in [0.2, 0.25) is 5.02 Å². The number of carbonyl (C=O) groups excluding carboxylic acids is 1. The molecule has 0 aromatic heterocycles. The smallest absolute Gasteiger partial charge is 0.239 e. The summed E-state index contributed by atoms with van der Waals surface area (Å²) in [6, 6.07) is 2.17. The van der Waals surface area contributed by atoms with E-state index in [4.69, 9.17) is 17.3 Å². The molecule has 17 heavy (non-hydrogen) atoms. The Morgan fingerprint density at radius 2 is 2.12 bits per heavy atom. The molecule has 0 spiro atoms. The van der Waals surface area contributed by atoms with Crippen molar-refractivity contribution in [2.45, 2.75) is 19.4 Å². The zero-order valence-corrected chi connectivity index (χ0v) is 10.9. The molecule has 2 N–H and O–H groups in total. The molecule has 1 rings (SSSR count). The maximum Gasteiger partial charge on any atom is 0.239 e. The number of nitrogens with two attached hydrogens (primary N) is 1. The molecule has 0 fully saturated rings. The maximum absolute atomic E-state index is 13.4. The summed E-state index contributed by atoms with van der Waals surface area (Å²) in [6.07, 6.45) is 0.229. The van der Waals surface area contributed by atoms with Gasteiger partial charge in [0.2, 0.25) is 5.91 Å². The van der Waals surface area contributed by atoms with E-state index in [0.29, 0.717) is 16.1 Å². The van der Waals surface area contributed by atoms with Gasteiger partial charge in [-0.05, 0) is 36.6 Å². The van der Waals surface area contributed by atoms with Gasteiger partial charge in [0.1, 0.15) is 5.82 Å². The van der Waals surface area contributed by atoms with Crippen molar-refractivity contribution in [3.8, 4) is 0 Å². The lowest BCUT2D eigenvalue weighted by Crippen LogP contribution is -2.41. The van der Waals surface area contributed by atoms with Gasteiger partial charge < -0.3 is 10.6 Å². The molecule has 0 radical (unpaired) electrons. The summed E-state index contributed by atoms with van der Waals surface area (Å²) in [7, 11) is 3.25. The largest absolute Gasteiger partial charge is 0.347 e. The second-order valence-corrected chi connectivity index (χ2v) is 4.64. The van der Waals surface area contributed by atoms with Crippen molar-refractivity contribution in [2.75, 3.05) is 14.1 Å². The molecule has 1 aromatic rings. The predicted octanol–water partition coefficient (Wildman–Crippen LogP) is 1.75. The maximum atomic E-state index is 13.4. The van der Waals surface area contributed by atoms with Crippen LogP contribution in [0.4, 0.5) is 4.39 Å². The van der Waals surface area contributed by atoms with Crippen molar-refractivity contribution in [3.63, 3.8) is 0 Å². The van der Waals surface area contributed by atoms with Crippen LogP contribution in [0.5, 0.6) is 0 Å². The van der Waals surface area contributed by atoms with Crippen LogP contribution in [0.25, 0.3) is 0 Å². The number of benzene rings is 1. The lowest BCUT2D eigenvalue weighted by molar-refractivity contribution is -0.130. The molecule has 94 valence electrons. The summed E-state index contributed by atoms with van der Waals surface area (Å²) in [5.74, 6) is -0.545. The Kier molecular flexibility index (Phi) is 4.48. The number of rotatable bonds is 3. The Morgan fingerprint density at radius 1 is 1.53 bits per heavy atom. The zero-order chi connectivity index (χ0) is 13.2. The number of aryl methyl sites for hydroxylation is 1. The number of hydrogen-bond acceptors (Lipinski definition) is 2. The Hall–Kier alpha value is -1.13. The zero-order valence-electron chi connectivity index (χ0n) is 10.1. The van der Waals surface area contributed by atoms with E-state index < -0.39 is 6.04 Å². The minimum absolute atomic E-state index is 0.206. The topological polar surface area (TPSA) is 46.3 Å². The van der Waals surface area contributed by atoms with Crippen LogP contribution in [0.15, 0.2) is 12.1 Å². The Morgan fingerprint density at radius 3 is 2.65 bits per heavy atom. The van der Waals surface area contributed by atoms with Gasteiger partial charge in [-0.25, -0.2) is 4.39 Å². The van der Waals surface area contributed by atoms with Crippen molar-refractivity contribution >= 4 is 17.5 Å². The van der Waals surface area contributed by atoms with Crippen LogP contribution < -0.4 is 5.73 Å². The SMILES string of the molecule is Cc1cc(Cl)c(CC(N)C(=O)N(C)C)cc1F. The molecule has 0 aliphatic rings. The molecule has 1 amide bonds. The van der Waals surface area contributed by atoms with Gasteiger partial charge in [-0.2, -0.15) is 0 Å². The molecule has 0 aliphatic heterocycles. The Labute approximate surface area is 105 Å². The number of hydrogen-bond donors (Lipinski definition) is 1. The van der Waals surface area contributed by atoms with Gasteiger partial charge in [0.15, 0.2) is 0 Å². The van der Waals surface area contributed by atoms with Crippen molar-refractivity contribution in [1.29, 1.82) is 0 Å². The van der Waals surface area contributed by atoms with Crippen LogP contribution in [0, 0.1) is 12.7 Å². The summed E-state index contributed by atoms with van der Waals surface area (Å²) in [5, 5.41) is 0.436. The van der Waals surface area contributed by atoms with E-state index in [1.165, 1.54) is 11.0 Å². The number of likely N-dealkylation sites (N-methyl/N-ethyl adjacent to an activating group) is 1. The van der Waals surface area contributed by atoms with Crippen LogP contribution in [-0.4, -0.2) is 30.9 Å². The van der Waals surface area contributed by atoms with Gasteiger partial charge in [-0.1, -0.05) is 11.6 Å². The molecule has 5 heteroatoms. The van der Waals surface area contributed by atoms with Crippen molar-refractivity contribution < 1.29 is 9.18 Å². The van der Waals surface area contributed by atoms with Crippen LogP contribution in [0.3, 0.4) is 0 Å². The van der Waals surface area contributed by atoms with E-state index in [2.05, 4.69) is 0 Å². The molecule has 0 saturated carbocycles. The summed E-state index contributed by atoms with van der Waals surface area (Å²) in [6.45, 7) is 1.63. The average Bonchev–Trinajstić information content (AvgIpc) is 2.24. The summed E-state index contributed by atoms with van der Waals surface area (Å²) in [5.41, 5.74) is 6.77. The van der Waals surface area contributed by atoms with E-state index in [1.54, 1.807) is 27.1 Å². The number of amides is 1. The lowest BCUT2D eigenvalue weighted by Gasteiger charge is -2.17. The van der Waals surface area contributed by atoms with Gasteiger partial charge in [0, 0.05) is 19.1 Å². The number of nitrogens with zero attached hydrogens (tertiary/aromatic N) is 1. The fraction of sp³-hybridized carbons (Fsp3) is 0.417. The third-order valence-electron chi connectivity index (χ3n) is 2.53. The van der Waals surface area contributed by atoms with Gasteiger partial charge in [0.25, 0.3) is 0 Å². The first kappa shape index (κ1) is 13.9. The molecular weight excluding hydrogens is 243 g/mol. The molecule has 1 unspecified atom stereocenters.